The standard InChI is InChI=1S/C16H15Cl2N3O3/c17-11-3-4-13(12(18)7-11)21-9-10(8-19-21)14(22)20-16(15(23)24)5-1-2-6-16/h3-4,7-9H,1-2,5-6H2,(H,20,22)(H,23,24). The molecule has 1 heterocycles. The minimum atomic E-state index is -1.18. The lowest BCUT2D eigenvalue weighted by molar-refractivity contribution is -0.144. The number of aromatic nitrogens is 2. The summed E-state index contributed by atoms with van der Waals surface area (Å²) in [6.07, 6.45) is 5.33. The number of hydrogen-bond acceptors (Lipinski definition) is 3. The van der Waals surface area contributed by atoms with Gasteiger partial charge >= 0.3 is 5.97 Å². The van der Waals surface area contributed by atoms with Crippen LogP contribution in [0.2, 0.25) is 10.0 Å². The molecule has 1 saturated carbocycles. The van der Waals surface area contributed by atoms with Gasteiger partial charge in [0.25, 0.3) is 5.91 Å². The van der Waals surface area contributed by atoms with E-state index in [0.717, 1.165) is 12.8 Å². The van der Waals surface area contributed by atoms with E-state index in [9.17, 15) is 14.7 Å². The molecule has 1 aliphatic carbocycles. The third-order valence-electron chi connectivity index (χ3n) is 4.22. The second-order valence-corrected chi connectivity index (χ2v) is 6.66. The largest absolute Gasteiger partial charge is 0.480 e. The summed E-state index contributed by atoms with van der Waals surface area (Å²) in [5.41, 5.74) is -0.334. The average Bonchev–Trinajstić information content (AvgIpc) is 3.17. The van der Waals surface area contributed by atoms with E-state index >= 15 is 0 Å². The van der Waals surface area contributed by atoms with Gasteiger partial charge in [0, 0.05) is 11.2 Å². The van der Waals surface area contributed by atoms with E-state index in [1.54, 1.807) is 18.2 Å². The lowest BCUT2D eigenvalue weighted by atomic mass is 9.97. The van der Waals surface area contributed by atoms with E-state index in [2.05, 4.69) is 10.4 Å². The minimum absolute atomic E-state index is 0.272. The fourth-order valence-corrected chi connectivity index (χ4v) is 3.39. The maximum absolute atomic E-state index is 12.4. The van der Waals surface area contributed by atoms with Crippen molar-refractivity contribution in [3.05, 3.63) is 46.2 Å². The number of nitrogens with one attached hydrogen (secondary N) is 1. The van der Waals surface area contributed by atoms with Crippen LogP contribution in [0.5, 0.6) is 0 Å². The van der Waals surface area contributed by atoms with Crippen LogP contribution in [0, 0.1) is 0 Å². The second kappa shape index (κ2) is 6.45. The van der Waals surface area contributed by atoms with Gasteiger partial charge in [-0.2, -0.15) is 5.10 Å². The molecule has 0 bridgehead atoms. The van der Waals surface area contributed by atoms with Gasteiger partial charge in [0.2, 0.25) is 0 Å². The van der Waals surface area contributed by atoms with Crippen LogP contribution in [0.15, 0.2) is 30.6 Å². The Labute approximate surface area is 148 Å². The summed E-state index contributed by atoms with van der Waals surface area (Å²) >= 11 is 12.0. The number of hydrogen-bond donors (Lipinski definition) is 2. The van der Waals surface area contributed by atoms with E-state index in [-0.39, 0.29) is 5.56 Å². The summed E-state index contributed by atoms with van der Waals surface area (Å²) in [5, 5.41) is 17.1. The minimum Gasteiger partial charge on any atom is -0.480 e. The molecule has 1 amide bonds. The van der Waals surface area contributed by atoms with Crippen LogP contribution in [0.25, 0.3) is 5.69 Å². The third-order valence-corrected chi connectivity index (χ3v) is 4.76. The zero-order chi connectivity index (χ0) is 17.3. The van der Waals surface area contributed by atoms with Crippen LogP contribution in [0.4, 0.5) is 0 Å². The quantitative estimate of drug-likeness (QED) is 0.867. The number of carbonyl (C=O) groups excluding carboxylic acids is 1. The summed E-state index contributed by atoms with van der Waals surface area (Å²) in [7, 11) is 0. The molecule has 0 atom stereocenters. The highest BCUT2D eigenvalue weighted by molar-refractivity contribution is 6.35. The van der Waals surface area contributed by atoms with Gasteiger partial charge in [-0.15, -0.1) is 0 Å². The number of amides is 1. The maximum atomic E-state index is 12.4. The predicted octanol–water partition coefficient (Wildman–Crippen LogP) is 3.31. The van der Waals surface area contributed by atoms with E-state index in [4.69, 9.17) is 23.2 Å². The van der Waals surface area contributed by atoms with Gasteiger partial charge in [-0.05, 0) is 31.0 Å². The molecule has 1 fully saturated rings. The number of nitrogens with zero attached hydrogens (tertiary/aromatic N) is 2. The molecule has 0 unspecified atom stereocenters. The fourth-order valence-electron chi connectivity index (χ4n) is 2.90. The van der Waals surface area contributed by atoms with Crippen LogP contribution in [0.3, 0.4) is 0 Å². The lowest BCUT2D eigenvalue weighted by Crippen LogP contribution is -2.52. The molecule has 1 aromatic heterocycles. The molecule has 0 spiro atoms. The first-order valence-corrected chi connectivity index (χ1v) is 8.23. The molecule has 24 heavy (non-hydrogen) atoms. The van der Waals surface area contributed by atoms with Crippen LogP contribution in [0.1, 0.15) is 36.0 Å². The maximum Gasteiger partial charge on any atom is 0.329 e. The van der Waals surface area contributed by atoms with Crippen molar-refractivity contribution >= 4 is 35.1 Å². The molecule has 6 nitrogen and oxygen atoms in total. The van der Waals surface area contributed by atoms with Crippen molar-refractivity contribution in [3.8, 4) is 5.69 Å². The topological polar surface area (TPSA) is 84.2 Å². The van der Waals surface area contributed by atoms with Gasteiger partial charge in [-0.3, -0.25) is 4.79 Å². The second-order valence-electron chi connectivity index (χ2n) is 5.82. The highest BCUT2D eigenvalue weighted by Gasteiger charge is 2.42. The molecule has 2 aromatic rings. The van der Waals surface area contributed by atoms with Crippen molar-refractivity contribution in [1.29, 1.82) is 0 Å². The highest BCUT2D eigenvalue weighted by atomic mass is 35.5. The average molecular weight is 368 g/mol. The Hall–Kier alpha value is -2.05. The molecule has 2 N–H and O–H groups in total. The number of carbonyl (C=O) groups is 2. The van der Waals surface area contributed by atoms with E-state index in [0.29, 0.717) is 28.6 Å². The summed E-state index contributed by atoms with van der Waals surface area (Å²) in [6.45, 7) is 0. The van der Waals surface area contributed by atoms with Gasteiger partial charge in [-0.25, -0.2) is 9.48 Å². The molecule has 1 aliphatic rings. The molecular formula is C16H15Cl2N3O3. The number of benzene rings is 1. The Morgan fingerprint density at radius 2 is 1.96 bits per heavy atom. The molecule has 1 aromatic carbocycles. The Bertz CT molecular complexity index is 798. The smallest absolute Gasteiger partial charge is 0.329 e. The van der Waals surface area contributed by atoms with E-state index in [1.807, 2.05) is 0 Å². The van der Waals surface area contributed by atoms with Gasteiger partial charge < -0.3 is 10.4 Å². The van der Waals surface area contributed by atoms with Crippen LogP contribution in [-0.4, -0.2) is 32.3 Å². The van der Waals surface area contributed by atoms with Crippen LogP contribution < -0.4 is 5.32 Å². The van der Waals surface area contributed by atoms with Crippen LogP contribution in [-0.2, 0) is 4.79 Å². The van der Waals surface area contributed by atoms with Gasteiger partial charge in [0.1, 0.15) is 5.54 Å². The van der Waals surface area contributed by atoms with E-state index in [1.165, 1.54) is 17.1 Å². The summed E-state index contributed by atoms with van der Waals surface area (Å²) in [6, 6.07) is 4.94. The molecule has 0 aliphatic heterocycles. The number of rotatable bonds is 4. The Kier molecular flexibility index (Phi) is 4.51. The predicted molar refractivity (Wildman–Crippen MR) is 89.9 cm³/mol. The number of aliphatic carboxylic acids is 1. The van der Waals surface area contributed by atoms with Crippen LogP contribution >= 0.6 is 23.2 Å². The van der Waals surface area contributed by atoms with Gasteiger partial charge in [0.05, 0.1) is 22.5 Å². The van der Waals surface area contributed by atoms with Crippen molar-refractivity contribution in [2.45, 2.75) is 31.2 Å². The molecular weight excluding hydrogens is 353 g/mol. The van der Waals surface area contributed by atoms with Crippen molar-refractivity contribution in [3.63, 3.8) is 0 Å². The highest BCUT2D eigenvalue weighted by Crippen LogP contribution is 2.30. The first kappa shape index (κ1) is 16.8. The van der Waals surface area contributed by atoms with Crippen molar-refractivity contribution in [2.75, 3.05) is 0 Å². The third kappa shape index (κ3) is 3.12. The van der Waals surface area contributed by atoms with E-state index < -0.39 is 17.4 Å². The Morgan fingerprint density at radius 1 is 1.25 bits per heavy atom. The lowest BCUT2D eigenvalue weighted by Gasteiger charge is -2.24. The molecule has 3 rings (SSSR count). The number of halogens is 2. The van der Waals surface area contributed by atoms with Crippen molar-refractivity contribution in [1.82, 2.24) is 15.1 Å². The fraction of sp³-hybridized carbons (Fsp3) is 0.312. The molecule has 126 valence electrons. The normalized spacial score (nSPS) is 16.1. The Balaban J connectivity index is 1.82. The summed E-state index contributed by atoms with van der Waals surface area (Å²) < 4.78 is 1.45. The first-order chi connectivity index (χ1) is 11.4. The van der Waals surface area contributed by atoms with Gasteiger partial charge in [-0.1, -0.05) is 36.0 Å². The number of carboxylic acid groups (broad SMARTS) is 1. The SMILES string of the molecule is O=C(NC1(C(=O)O)CCCC1)c1cnn(-c2ccc(Cl)cc2Cl)c1. The zero-order valence-electron chi connectivity index (χ0n) is 12.6. The van der Waals surface area contributed by atoms with Crippen molar-refractivity contribution < 1.29 is 14.7 Å². The Morgan fingerprint density at radius 3 is 2.58 bits per heavy atom. The zero-order valence-corrected chi connectivity index (χ0v) is 14.1. The monoisotopic (exact) mass is 367 g/mol. The van der Waals surface area contributed by atoms with Crippen molar-refractivity contribution in [2.24, 2.45) is 0 Å². The van der Waals surface area contributed by atoms with Gasteiger partial charge in [0.15, 0.2) is 0 Å². The summed E-state index contributed by atoms with van der Waals surface area (Å²) in [5.74, 6) is -1.46. The first-order valence-electron chi connectivity index (χ1n) is 7.47. The number of carboxylic acids is 1. The molecule has 0 radical (unpaired) electrons. The molecule has 0 saturated heterocycles. The molecule has 8 heteroatoms. The summed E-state index contributed by atoms with van der Waals surface area (Å²) in [4.78, 5) is 23.9.